The van der Waals surface area contributed by atoms with E-state index in [0.717, 1.165) is 29.5 Å². The third-order valence-electron chi connectivity index (χ3n) is 4.45. The molecule has 5 nitrogen and oxygen atoms in total. The summed E-state index contributed by atoms with van der Waals surface area (Å²) in [5, 5.41) is 11.0. The molecule has 2 aromatic heterocycles. The first-order chi connectivity index (χ1) is 11.2. The van der Waals surface area contributed by atoms with Crippen molar-refractivity contribution >= 4 is 22.4 Å². The maximum Gasteiger partial charge on any atom is 0.188 e. The number of H-pyrrole nitrogens is 1. The molecule has 1 aromatic carbocycles. The molecule has 0 radical (unpaired) electrons. The number of pyridine rings is 1. The van der Waals surface area contributed by atoms with Crippen LogP contribution < -0.4 is 11.1 Å². The van der Waals surface area contributed by atoms with E-state index in [4.69, 9.17) is 5.73 Å². The van der Waals surface area contributed by atoms with Crippen molar-refractivity contribution in [3.63, 3.8) is 0 Å². The Morgan fingerprint density at radius 3 is 2.78 bits per heavy atom. The summed E-state index contributed by atoms with van der Waals surface area (Å²) in [6, 6.07) is 7.88. The van der Waals surface area contributed by atoms with Crippen LogP contribution in [0.2, 0.25) is 0 Å². The van der Waals surface area contributed by atoms with Gasteiger partial charge >= 0.3 is 0 Å². The first-order valence-corrected chi connectivity index (χ1v) is 7.88. The quantitative estimate of drug-likeness (QED) is 0.689. The molecule has 118 valence electrons. The van der Waals surface area contributed by atoms with Gasteiger partial charge in [0.1, 0.15) is 0 Å². The van der Waals surface area contributed by atoms with Gasteiger partial charge in [0.15, 0.2) is 11.6 Å². The molecule has 4 rings (SSSR count). The highest BCUT2D eigenvalue weighted by molar-refractivity contribution is 5.95. The van der Waals surface area contributed by atoms with E-state index < -0.39 is 5.82 Å². The molecule has 0 amide bonds. The van der Waals surface area contributed by atoms with Crippen LogP contribution in [0, 0.1) is 5.82 Å². The number of aromatic nitrogens is 3. The summed E-state index contributed by atoms with van der Waals surface area (Å²) >= 11 is 0. The highest BCUT2D eigenvalue weighted by atomic mass is 19.1. The van der Waals surface area contributed by atoms with Crippen molar-refractivity contribution in [1.82, 2.24) is 15.2 Å². The number of nitrogen functional groups attached to an aromatic ring is 1. The van der Waals surface area contributed by atoms with Crippen molar-refractivity contribution in [1.29, 1.82) is 0 Å². The highest BCUT2D eigenvalue weighted by Gasteiger charge is 2.20. The Bertz CT molecular complexity index is 838. The van der Waals surface area contributed by atoms with Crippen LogP contribution in [0.15, 0.2) is 30.5 Å². The number of hydrogen-bond acceptors (Lipinski definition) is 4. The zero-order chi connectivity index (χ0) is 15.8. The summed E-state index contributed by atoms with van der Waals surface area (Å²) in [5.74, 6) is -0.533. The van der Waals surface area contributed by atoms with E-state index in [1.807, 2.05) is 24.3 Å². The second kappa shape index (κ2) is 5.53. The third-order valence-corrected chi connectivity index (χ3v) is 4.45. The van der Waals surface area contributed by atoms with Crippen molar-refractivity contribution in [2.24, 2.45) is 0 Å². The number of benzene rings is 1. The predicted molar refractivity (Wildman–Crippen MR) is 89.6 cm³/mol. The molecule has 6 heteroatoms. The largest absolute Gasteiger partial charge is 0.381 e. The number of halogens is 1. The molecule has 0 aliphatic heterocycles. The zero-order valence-electron chi connectivity index (χ0n) is 12.6. The first kappa shape index (κ1) is 14.0. The standard InChI is InChI=1S/C17H18FN5/c18-15-16(21-11-3-1-2-4-11)12-6-5-10(13-7-8-20-23-13)9-14(12)22-17(15)19/h5-9,11H,1-4H2,(H,20,23)(H3,19,21,22). The van der Waals surface area contributed by atoms with Crippen LogP contribution in [0.1, 0.15) is 25.7 Å². The van der Waals surface area contributed by atoms with Crippen molar-refractivity contribution < 1.29 is 4.39 Å². The summed E-state index contributed by atoms with van der Waals surface area (Å²) in [6.45, 7) is 0. The summed E-state index contributed by atoms with van der Waals surface area (Å²) in [4.78, 5) is 4.21. The Labute approximate surface area is 133 Å². The van der Waals surface area contributed by atoms with Crippen LogP contribution in [0.3, 0.4) is 0 Å². The van der Waals surface area contributed by atoms with Gasteiger partial charge in [0, 0.05) is 23.2 Å². The van der Waals surface area contributed by atoms with Crippen LogP contribution in [0.4, 0.5) is 15.9 Å². The molecular formula is C17H18FN5. The number of anilines is 2. The zero-order valence-corrected chi connectivity index (χ0v) is 12.6. The van der Waals surface area contributed by atoms with Gasteiger partial charge in [-0.15, -0.1) is 0 Å². The molecule has 0 bridgehead atoms. The van der Waals surface area contributed by atoms with Crippen molar-refractivity contribution in [3.05, 3.63) is 36.3 Å². The maximum atomic E-state index is 14.5. The smallest absolute Gasteiger partial charge is 0.188 e. The van der Waals surface area contributed by atoms with Crippen LogP contribution in [0.5, 0.6) is 0 Å². The molecule has 0 saturated heterocycles. The fourth-order valence-electron chi connectivity index (χ4n) is 3.26. The SMILES string of the molecule is Nc1nc2cc(-c3cc[nH]n3)ccc2c(NC2CCCC2)c1F. The van der Waals surface area contributed by atoms with Gasteiger partial charge in [-0.2, -0.15) is 5.10 Å². The van der Waals surface area contributed by atoms with E-state index in [1.165, 1.54) is 12.8 Å². The van der Waals surface area contributed by atoms with Gasteiger partial charge < -0.3 is 11.1 Å². The lowest BCUT2D eigenvalue weighted by atomic mass is 10.1. The van der Waals surface area contributed by atoms with Crippen molar-refractivity contribution in [2.75, 3.05) is 11.1 Å². The fraction of sp³-hybridized carbons (Fsp3) is 0.294. The van der Waals surface area contributed by atoms with Gasteiger partial charge in [-0.3, -0.25) is 5.10 Å². The lowest BCUT2D eigenvalue weighted by Gasteiger charge is -2.17. The van der Waals surface area contributed by atoms with E-state index >= 15 is 0 Å². The van der Waals surface area contributed by atoms with Gasteiger partial charge in [0.2, 0.25) is 0 Å². The highest BCUT2D eigenvalue weighted by Crippen LogP contribution is 2.33. The van der Waals surface area contributed by atoms with E-state index in [0.29, 0.717) is 17.2 Å². The van der Waals surface area contributed by atoms with Gasteiger partial charge in [-0.05, 0) is 31.0 Å². The normalized spacial score (nSPS) is 15.3. The summed E-state index contributed by atoms with van der Waals surface area (Å²) in [5.41, 5.74) is 8.66. The van der Waals surface area contributed by atoms with E-state index in [2.05, 4.69) is 20.5 Å². The van der Waals surface area contributed by atoms with Gasteiger partial charge in [-0.25, -0.2) is 9.37 Å². The van der Waals surface area contributed by atoms with Gasteiger partial charge in [0.05, 0.1) is 16.9 Å². The van der Waals surface area contributed by atoms with Crippen molar-refractivity contribution in [2.45, 2.75) is 31.7 Å². The predicted octanol–water partition coefficient (Wildman–Crippen LogP) is 3.70. The van der Waals surface area contributed by atoms with Crippen LogP contribution in [0.25, 0.3) is 22.2 Å². The van der Waals surface area contributed by atoms with Gasteiger partial charge in [-0.1, -0.05) is 18.9 Å². The number of nitrogens with one attached hydrogen (secondary N) is 2. The number of nitrogens with zero attached hydrogens (tertiary/aromatic N) is 2. The lowest BCUT2D eigenvalue weighted by molar-refractivity contribution is 0.626. The number of nitrogens with two attached hydrogens (primary N) is 1. The topological polar surface area (TPSA) is 79.6 Å². The minimum Gasteiger partial charge on any atom is -0.381 e. The number of fused-ring (bicyclic) bond motifs is 1. The Morgan fingerprint density at radius 2 is 2.04 bits per heavy atom. The molecule has 1 aliphatic carbocycles. The number of hydrogen-bond donors (Lipinski definition) is 3. The van der Waals surface area contributed by atoms with Crippen LogP contribution in [-0.2, 0) is 0 Å². The molecule has 0 atom stereocenters. The van der Waals surface area contributed by atoms with Gasteiger partial charge in [0.25, 0.3) is 0 Å². The molecule has 0 unspecified atom stereocenters. The Hall–Kier alpha value is -2.63. The molecule has 3 aromatic rings. The average molecular weight is 311 g/mol. The summed E-state index contributed by atoms with van der Waals surface area (Å²) in [7, 11) is 0. The third kappa shape index (κ3) is 2.50. The maximum absolute atomic E-state index is 14.5. The van der Waals surface area contributed by atoms with E-state index in [1.54, 1.807) is 6.20 Å². The van der Waals surface area contributed by atoms with Crippen molar-refractivity contribution in [3.8, 4) is 11.3 Å². The lowest BCUT2D eigenvalue weighted by Crippen LogP contribution is -2.16. The summed E-state index contributed by atoms with van der Waals surface area (Å²) < 4.78 is 14.5. The van der Waals surface area contributed by atoms with E-state index in [9.17, 15) is 4.39 Å². The molecule has 4 N–H and O–H groups in total. The number of aromatic amines is 1. The second-order valence-corrected chi connectivity index (χ2v) is 6.00. The van der Waals surface area contributed by atoms with Crippen LogP contribution in [-0.4, -0.2) is 21.2 Å². The fourth-order valence-corrected chi connectivity index (χ4v) is 3.26. The second-order valence-electron chi connectivity index (χ2n) is 6.00. The monoisotopic (exact) mass is 311 g/mol. The molecule has 1 aliphatic rings. The number of rotatable bonds is 3. The molecule has 1 saturated carbocycles. The minimum atomic E-state index is -0.461. The molecule has 1 fully saturated rings. The van der Waals surface area contributed by atoms with E-state index in [-0.39, 0.29) is 5.82 Å². The molecule has 23 heavy (non-hydrogen) atoms. The Balaban J connectivity index is 1.82. The minimum absolute atomic E-state index is 0.0721. The average Bonchev–Trinajstić information content (AvgIpc) is 3.24. The molecule has 2 heterocycles. The summed E-state index contributed by atoms with van der Waals surface area (Å²) in [6.07, 6.45) is 6.25. The van der Waals surface area contributed by atoms with Crippen LogP contribution >= 0.6 is 0 Å². The molecular weight excluding hydrogens is 293 g/mol. The molecule has 0 spiro atoms. The first-order valence-electron chi connectivity index (χ1n) is 7.88. The Morgan fingerprint density at radius 1 is 1.22 bits per heavy atom. The Kier molecular flexibility index (Phi) is 3.37.